The van der Waals surface area contributed by atoms with Crippen molar-refractivity contribution in [2.75, 3.05) is 13.2 Å². The Morgan fingerprint density at radius 2 is 2.31 bits per heavy atom. The molecule has 0 aromatic rings. The zero-order chi connectivity index (χ0) is 9.47. The van der Waals surface area contributed by atoms with Gasteiger partial charge in [0, 0.05) is 0 Å². The average Bonchev–Trinajstić information content (AvgIpc) is 2.58. The van der Waals surface area contributed by atoms with Gasteiger partial charge in [-0.3, -0.25) is 0 Å². The van der Waals surface area contributed by atoms with E-state index in [9.17, 15) is 10.2 Å². The lowest BCUT2D eigenvalue weighted by Crippen LogP contribution is -2.43. The molecule has 2 rings (SSSR count). The highest BCUT2D eigenvalue weighted by Gasteiger charge is 2.54. The van der Waals surface area contributed by atoms with Gasteiger partial charge >= 0.3 is 0 Å². The third-order valence-electron chi connectivity index (χ3n) is 2.68. The van der Waals surface area contributed by atoms with Crippen LogP contribution in [0, 0.1) is 0 Å². The molecule has 0 bridgehead atoms. The van der Waals surface area contributed by atoms with E-state index in [0.717, 1.165) is 0 Å². The summed E-state index contributed by atoms with van der Waals surface area (Å²) < 4.78 is 10.6. The molecule has 4 heteroatoms. The van der Waals surface area contributed by atoms with Gasteiger partial charge < -0.3 is 19.7 Å². The fraction of sp³-hybridized carbons (Fsp3) is 0.778. The first-order valence-corrected chi connectivity index (χ1v) is 4.42. The molecule has 2 N–H and O–H groups in total. The second kappa shape index (κ2) is 3.06. The topological polar surface area (TPSA) is 58.9 Å². The summed E-state index contributed by atoms with van der Waals surface area (Å²) >= 11 is 0. The number of hydrogen-bond acceptors (Lipinski definition) is 4. The Labute approximate surface area is 76.8 Å². The fourth-order valence-electron chi connectivity index (χ4n) is 2.00. The molecule has 0 saturated carbocycles. The first-order chi connectivity index (χ1) is 6.17. The quantitative estimate of drug-likeness (QED) is 0.568. The van der Waals surface area contributed by atoms with Gasteiger partial charge in [-0.25, -0.2) is 0 Å². The molecule has 4 atom stereocenters. The normalized spacial score (nSPS) is 49.2. The second-order valence-corrected chi connectivity index (χ2v) is 3.69. The minimum absolute atomic E-state index is 0.214. The maximum Gasteiger partial charge on any atom is 0.120 e. The molecule has 74 valence electrons. The van der Waals surface area contributed by atoms with E-state index in [-0.39, 0.29) is 19.3 Å². The Morgan fingerprint density at radius 1 is 1.54 bits per heavy atom. The summed E-state index contributed by atoms with van der Waals surface area (Å²) in [6.07, 6.45) is 0.690. The predicted octanol–water partition coefficient (Wildman–Crippen LogP) is -0.548. The SMILES string of the molecule is C=CC[C@@]1(O)CO[C@@H]2[C@H](O)CO[C@@H]21. The molecule has 0 amide bonds. The van der Waals surface area contributed by atoms with E-state index in [2.05, 4.69) is 6.58 Å². The van der Waals surface area contributed by atoms with Crippen molar-refractivity contribution >= 4 is 0 Å². The lowest BCUT2D eigenvalue weighted by atomic mass is 9.93. The Morgan fingerprint density at radius 3 is 3.00 bits per heavy atom. The van der Waals surface area contributed by atoms with Crippen LogP contribution in [0.15, 0.2) is 12.7 Å². The standard InChI is InChI=1S/C9H14O4/c1-2-3-9(11)5-13-7-6(10)4-12-8(7)9/h2,6-8,10-11H,1,3-5H2/t6-,7-,8+,9-/m1/s1. The molecule has 0 aromatic heterocycles. The number of rotatable bonds is 2. The molecule has 0 spiro atoms. The Balaban J connectivity index is 2.13. The molecule has 2 fully saturated rings. The third-order valence-corrected chi connectivity index (χ3v) is 2.68. The highest BCUT2D eigenvalue weighted by atomic mass is 16.6. The number of aliphatic hydroxyl groups is 2. The van der Waals surface area contributed by atoms with E-state index in [1.54, 1.807) is 6.08 Å². The first-order valence-electron chi connectivity index (χ1n) is 4.42. The Bertz CT molecular complexity index is 218. The van der Waals surface area contributed by atoms with Gasteiger partial charge in [-0.15, -0.1) is 6.58 Å². The molecule has 0 aromatic carbocycles. The molecule has 2 heterocycles. The number of fused-ring (bicyclic) bond motifs is 1. The lowest BCUT2D eigenvalue weighted by molar-refractivity contribution is -0.0668. The molecule has 4 nitrogen and oxygen atoms in total. The first kappa shape index (κ1) is 9.15. The van der Waals surface area contributed by atoms with Gasteiger partial charge in [0.2, 0.25) is 0 Å². The van der Waals surface area contributed by atoms with Crippen molar-refractivity contribution in [2.24, 2.45) is 0 Å². The van der Waals surface area contributed by atoms with Crippen LogP contribution in [0.2, 0.25) is 0 Å². The third kappa shape index (κ3) is 1.30. The summed E-state index contributed by atoms with van der Waals surface area (Å²) in [5, 5.41) is 19.5. The van der Waals surface area contributed by atoms with Crippen LogP contribution in [0.4, 0.5) is 0 Å². The van der Waals surface area contributed by atoms with E-state index in [1.807, 2.05) is 0 Å². The van der Waals surface area contributed by atoms with Gasteiger partial charge in [0.25, 0.3) is 0 Å². The highest BCUT2D eigenvalue weighted by Crippen LogP contribution is 2.36. The summed E-state index contributed by atoms with van der Waals surface area (Å²) in [6.45, 7) is 4.03. The minimum Gasteiger partial charge on any atom is -0.388 e. The number of aliphatic hydroxyl groups excluding tert-OH is 1. The second-order valence-electron chi connectivity index (χ2n) is 3.69. The van der Waals surface area contributed by atoms with E-state index < -0.39 is 17.8 Å². The van der Waals surface area contributed by atoms with Gasteiger partial charge in [-0.1, -0.05) is 6.08 Å². The minimum atomic E-state index is -0.996. The zero-order valence-corrected chi connectivity index (χ0v) is 7.35. The van der Waals surface area contributed by atoms with Crippen LogP contribution in [0.5, 0.6) is 0 Å². The summed E-state index contributed by atoms with van der Waals surface area (Å²) in [7, 11) is 0. The van der Waals surface area contributed by atoms with E-state index >= 15 is 0 Å². The van der Waals surface area contributed by atoms with Crippen LogP contribution in [0.3, 0.4) is 0 Å². The maximum atomic E-state index is 10.0. The van der Waals surface area contributed by atoms with E-state index in [0.29, 0.717) is 6.42 Å². The lowest BCUT2D eigenvalue weighted by Gasteiger charge is -2.24. The largest absolute Gasteiger partial charge is 0.388 e. The molecule has 2 aliphatic heterocycles. The van der Waals surface area contributed by atoms with Crippen LogP contribution < -0.4 is 0 Å². The fourth-order valence-corrected chi connectivity index (χ4v) is 2.00. The van der Waals surface area contributed by atoms with Crippen LogP contribution in [0.1, 0.15) is 6.42 Å². The Kier molecular flexibility index (Phi) is 2.15. The van der Waals surface area contributed by atoms with Crippen molar-refractivity contribution in [3.05, 3.63) is 12.7 Å². The van der Waals surface area contributed by atoms with Crippen molar-refractivity contribution in [3.63, 3.8) is 0 Å². The van der Waals surface area contributed by atoms with E-state index in [1.165, 1.54) is 0 Å². The molecule has 0 aliphatic carbocycles. The van der Waals surface area contributed by atoms with Crippen molar-refractivity contribution in [2.45, 2.75) is 30.3 Å². The molecule has 2 saturated heterocycles. The van der Waals surface area contributed by atoms with Crippen LogP contribution in [-0.2, 0) is 9.47 Å². The maximum absolute atomic E-state index is 10.0. The number of hydrogen-bond donors (Lipinski definition) is 2. The van der Waals surface area contributed by atoms with Gasteiger partial charge in [-0.05, 0) is 6.42 Å². The molecular weight excluding hydrogens is 172 g/mol. The summed E-state index contributed by atoms with van der Waals surface area (Å²) in [4.78, 5) is 0. The highest BCUT2D eigenvalue weighted by molar-refractivity contribution is 5.06. The van der Waals surface area contributed by atoms with Crippen molar-refractivity contribution in [1.82, 2.24) is 0 Å². The zero-order valence-electron chi connectivity index (χ0n) is 7.35. The summed E-state index contributed by atoms with van der Waals surface area (Å²) in [6, 6.07) is 0. The van der Waals surface area contributed by atoms with Crippen molar-refractivity contribution in [3.8, 4) is 0 Å². The number of ether oxygens (including phenoxy) is 2. The average molecular weight is 186 g/mol. The molecular formula is C9H14O4. The van der Waals surface area contributed by atoms with Gasteiger partial charge in [-0.2, -0.15) is 0 Å². The van der Waals surface area contributed by atoms with Crippen LogP contribution in [0.25, 0.3) is 0 Å². The predicted molar refractivity (Wildman–Crippen MR) is 45.3 cm³/mol. The van der Waals surface area contributed by atoms with Crippen molar-refractivity contribution in [1.29, 1.82) is 0 Å². The smallest absolute Gasteiger partial charge is 0.120 e. The molecule has 2 aliphatic rings. The monoisotopic (exact) mass is 186 g/mol. The summed E-state index contributed by atoms with van der Waals surface area (Å²) in [5.41, 5.74) is -0.996. The van der Waals surface area contributed by atoms with Crippen molar-refractivity contribution < 1.29 is 19.7 Å². The van der Waals surface area contributed by atoms with Gasteiger partial charge in [0.1, 0.15) is 23.9 Å². The van der Waals surface area contributed by atoms with Crippen LogP contribution in [-0.4, -0.2) is 47.3 Å². The van der Waals surface area contributed by atoms with Gasteiger partial charge in [0.15, 0.2) is 0 Å². The van der Waals surface area contributed by atoms with E-state index in [4.69, 9.17) is 9.47 Å². The molecule has 0 unspecified atom stereocenters. The van der Waals surface area contributed by atoms with Gasteiger partial charge in [0.05, 0.1) is 13.2 Å². The molecule has 0 radical (unpaired) electrons. The summed E-state index contributed by atoms with van der Waals surface area (Å²) in [5.74, 6) is 0. The Hall–Kier alpha value is -0.420. The van der Waals surface area contributed by atoms with Crippen LogP contribution >= 0.6 is 0 Å². The molecule has 13 heavy (non-hydrogen) atoms.